The summed E-state index contributed by atoms with van der Waals surface area (Å²) in [4.78, 5) is 18.4. The number of nitrogens with one attached hydrogen (secondary N) is 2. The number of anilines is 1. The molecule has 2 saturated heterocycles. The molecule has 6 nitrogen and oxygen atoms in total. The number of halogens is 1. The summed E-state index contributed by atoms with van der Waals surface area (Å²) in [5.74, 6) is 1.02. The summed E-state index contributed by atoms with van der Waals surface area (Å²) in [6, 6.07) is 11.5. The minimum absolute atomic E-state index is 0.163. The maximum Gasteiger partial charge on any atom is 0.124 e. The maximum absolute atomic E-state index is 6.42. The number of pyridine rings is 1. The number of para-hydroxylation sites is 1. The van der Waals surface area contributed by atoms with Gasteiger partial charge < -0.3 is 9.88 Å². The van der Waals surface area contributed by atoms with E-state index < -0.39 is 0 Å². The highest BCUT2D eigenvalue weighted by atomic mass is 35.5. The van der Waals surface area contributed by atoms with Gasteiger partial charge in [-0.3, -0.25) is 15.2 Å². The molecule has 2 aromatic heterocycles. The van der Waals surface area contributed by atoms with Gasteiger partial charge in [0.25, 0.3) is 0 Å². The summed E-state index contributed by atoms with van der Waals surface area (Å²) in [6.45, 7) is 4.49. The minimum atomic E-state index is 0.163. The molecule has 1 aromatic carbocycles. The number of fused-ring (bicyclic) bond motifs is 1. The molecule has 3 aliphatic rings. The Kier molecular flexibility index (Phi) is 5.09. The zero-order valence-corrected chi connectivity index (χ0v) is 18.5. The van der Waals surface area contributed by atoms with E-state index >= 15 is 0 Å². The fraction of sp³-hybridized carbons (Fsp3) is 0.500. The van der Waals surface area contributed by atoms with Crippen molar-refractivity contribution < 1.29 is 0 Å². The van der Waals surface area contributed by atoms with E-state index in [0.717, 1.165) is 79.1 Å². The van der Waals surface area contributed by atoms with E-state index in [1.807, 2.05) is 18.3 Å². The zero-order valence-electron chi connectivity index (χ0n) is 17.7. The Labute approximate surface area is 188 Å². The Bertz CT molecular complexity index is 1070. The number of benzene rings is 1. The van der Waals surface area contributed by atoms with E-state index in [1.54, 1.807) is 0 Å². The number of aromatic amines is 1. The van der Waals surface area contributed by atoms with Crippen LogP contribution < -0.4 is 10.2 Å². The van der Waals surface area contributed by atoms with Gasteiger partial charge in [0, 0.05) is 38.4 Å². The van der Waals surface area contributed by atoms with Crippen LogP contribution in [0.15, 0.2) is 36.5 Å². The van der Waals surface area contributed by atoms with Gasteiger partial charge in [-0.1, -0.05) is 17.7 Å². The van der Waals surface area contributed by atoms with E-state index in [0.29, 0.717) is 0 Å². The second kappa shape index (κ2) is 8.08. The lowest BCUT2D eigenvalue weighted by atomic mass is 9.96. The fourth-order valence-corrected chi connectivity index (χ4v) is 5.50. The van der Waals surface area contributed by atoms with Crippen LogP contribution in [0.25, 0.3) is 11.0 Å². The number of rotatable bonds is 4. The lowest BCUT2D eigenvalue weighted by Crippen LogP contribution is -2.47. The van der Waals surface area contributed by atoms with Crippen LogP contribution in [0.3, 0.4) is 0 Å². The Morgan fingerprint density at radius 3 is 2.58 bits per heavy atom. The molecule has 2 atom stereocenters. The molecular weight excluding hydrogens is 408 g/mol. The van der Waals surface area contributed by atoms with E-state index in [1.165, 1.54) is 18.5 Å². The molecule has 0 radical (unpaired) electrons. The van der Waals surface area contributed by atoms with Crippen LogP contribution in [0.2, 0.25) is 5.02 Å². The molecule has 0 spiro atoms. The molecule has 162 valence electrons. The summed E-state index contributed by atoms with van der Waals surface area (Å²) in [7, 11) is 0. The van der Waals surface area contributed by atoms with Gasteiger partial charge in [-0.05, 0) is 56.4 Å². The highest BCUT2D eigenvalue weighted by Crippen LogP contribution is 2.35. The summed E-state index contributed by atoms with van der Waals surface area (Å²) >= 11 is 6.42. The van der Waals surface area contributed by atoms with Crippen molar-refractivity contribution in [2.75, 3.05) is 31.1 Å². The summed E-state index contributed by atoms with van der Waals surface area (Å²) < 4.78 is 0. The first-order valence-corrected chi connectivity index (χ1v) is 12.0. The molecular formula is C24H29ClN6. The van der Waals surface area contributed by atoms with Crippen LogP contribution in [0.5, 0.6) is 0 Å². The molecule has 2 N–H and O–H groups in total. The molecule has 6 rings (SSSR count). The van der Waals surface area contributed by atoms with Gasteiger partial charge in [-0.2, -0.15) is 0 Å². The summed E-state index contributed by atoms with van der Waals surface area (Å²) in [5, 5.41) is 4.49. The van der Waals surface area contributed by atoms with E-state index in [2.05, 4.69) is 43.3 Å². The monoisotopic (exact) mass is 436 g/mol. The number of hydrogen-bond acceptors (Lipinski definition) is 5. The van der Waals surface area contributed by atoms with Gasteiger partial charge in [-0.25, -0.2) is 4.98 Å². The smallest absolute Gasteiger partial charge is 0.124 e. The Morgan fingerprint density at radius 1 is 0.935 bits per heavy atom. The van der Waals surface area contributed by atoms with Gasteiger partial charge in [0.2, 0.25) is 0 Å². The van der Waals surface area contributed by atoms with Crippen molar-refractivity contribution >= 4 is 28.3 Å². The van der Waals surface area contributed by atoms with E-state index in [9.17, 15) is 0 Å². The second-order valence-corrected chi connectivity index (χ2v) is 9.53. The third-order valence-electron chi connectivity index (χ3n) is 7.06. The number of piperazine rings is 1. The van der Waals surface area contributed by atoms with Crippen molar-refractivity contribution in [3.8, 4) is 0 Å². The predicted octanol–water partition coefficient (Wildman–Crippen LogP) is 4.45. The number of H-pyrrole nitrogens is 1. The minimum Gasteiger partial charge on any atom is -0.367 e. The van der Waals surface area contributed by atoms with Gasteiger partial charge in [0.15, 0.2) is 0 Å². The second-order valence-electron chi connectivity index (χ2n) is 9.12. The molecule has 0 amide bonds. The van der Waals surface area contributed by atoms with E-state index in [-0.39, 0.29) is 12.1 Å². The average Bonchev–Trinajstić information content (AvgIpc) is 3.57. The average molecular weight is 437 g/mol. The molecule has 0 bridgehead atoms. The lowest BCUT2D eigenvalue weighted by Gasteiger charge is -2.36. The van der Waals surface area contributed by atoms with Crippen molar-refractivity contribution in [3.63, 3.8) is 0 Å². The first kappa shape index (κ1) is 19.5. The fourth-order valence-electron chi connectivity index (χ4n) is 5.25. The van der Waals surface area contributed by atoms with Crippen LogP contribution in [-0.2, 0) is 0 Å². The molecule has 1 aliphatic carbocycles. The number of aromatic nitrogens is 3. The van der Waals surface area contributed by atoms with Crippen LogP contribution in [0.4, 0.5) is 5.69 Å². The van der Waals surface area contributed by atoms with Crippen LogP contribution in [0.1, 0.15) is 55.7 Å². The van der Waals surface area contributed by atoms with Gasteiger partial charge in [0.05, 0.1) is 34.0 Å². The van der Waals surface area contributed by atoms with Gasteiger partial charge in [-0.15, -0.1) is 0 Å². The Balaban J connectivity index is 1.24. The molecule has 31 heavy (non-hydrogen) atoms. The van der Waals surface area contributed by atoms with Gasteiger partial charge >= 0.3 is 0 Å². The third kappa shape index (κ3) is 3.81. The first-order chi connectivity index (χ1) is 15.3. The SMILES string of the molecule is Clc1cccnc1[C@@H]1CCC[C@H](c2nc3c(N4CCN(C5CC5)CC4)cccc3[nH]2)N1. The van der Waals surface area contributed by atoms with Gasteiger partial charge in [0.1, 0.15) is 11.3 Å². The highest BCUT2D eigenvalue weighted by molar-refractivity contribution is 6.31. The van der Waals surface area contributed by atoms with Crippen molar-refractivity contribution in [1.82, 2.24) is 25.2 Å². The van der Waals surface area contributed by atoms with Crippen molar-refractivity contribution in [2.45, 2.75) is 50.2 Å². The molecule has 3 fully saturated rings. The largest absolute Gasteiger partial charge is 0.367 e. The summed E-state index contributed by atoms with van der Waals surface area (Å²) in [6.07, 6.45) is 7.83. The molecule has 7 heteroatoms. The number of imidazole rings is 1. The van der Waals surface area contributed by atoms with Crippen LogP contribution in [0, 0.1) is 0 Å². The molecule has 3 aromatic rings. The molecule has 4 heterocycles. The predicted molar refractivity (Wildman–Crippen MR) is 125 cm³/mol. The number of nitrogens with zero attached hydrogens (tertiary/aromatic N) is 4. The number of piperidine rings is 1. The quantitative estimate of drug-likeness (QED) is 0.632. The van der Waals surface area contributed by atoms with Crippen LogP contribution in [-0.4, -0.2) is 52.1 Å². The van der Waals surface area contributed by atoms with E-state index in [4.69, 9.17) is 16.6 Å². The van der Waals surface area contributed by atoms with Crippen LogP contribution >= 0.6 is 11.6 Å². The van der Waals surface area contributed by atoms with Crippen molar-refractivity contribution in [3.05, 3.63) is 53.1 Å². The zero-order chi connectivity index (χ0) is 20.8. The summed E-state index contributed by atoms with van der Waals surface area (Å²) in [5.41, 5.74) is 4.42. The number of hydrogen-bond donors (Lipinski definition) is 2. The molecule has 0 unspecified atom stereocenters. The molecule has 2 aliphatic heterocycles. The lowest BCUT2D eigenvalue weighted by molar-refractivity contribution is 0.248. The Hall–Kier alpha value is -2.15. The maximum atomic E-state index is 6.42. The highest BCUT2D eigenvalue weighted by Gasteiger charge is 2.32. The first-order valence-electron chi connectivity index (χ1n) is 11.6. The third-order valence-corrected chi connectivity index (χ3v) is 7.38. The topological polar surface area (TPSA) is 60.1 Å². The Morgan fingerprint density at radius 2 is 1.77 bits per heavy atom. The molecule has 1 saturated carbocycles. The van der Waals surface area contributed by atoms with Crippen molar-refractivity contribution in [1.29, 1.82) is 0 Å². The van der Waals surface area contributed by atoms with Crippen molar-refractivity contribution in [2.24, 2.45) is 0 Å². The normalized spacial score (nSPS) is 25.3. The standard InChI is InChI=1S/C24H29ClN6/c25-17-4-3-11-26-22(17)18-5-1-7-20(27-18)24-28-19-6-2-8-21(23(19)29-24)31-14-12-30(13-15-31)16-9-10-16/h2-4,6,8,11,16,18,20,27H,1,5,7,9-10,12-15H2,(H,28,29)/t18-,20+/m0/s1.